The van der Waals surface area contributed by atoms with Gasteiger partial charge in [0.05, 0.1) is 4.88 Å². The largest absolute Gasteiger partial charge is 0.222 e. The van der Waals surface area contributed by atoms with Crippen molar-refractivity contribution >= 4 is 35.3 Å². The molecule has 2 rings (SSSR count). The highest BCUT2D eigenvalue weighted by Crippen LogP contribution is 2.12. The van der Waals surface area contributed by atoms with E-state index in [0.717, 1.165) is 14.9 Å². The van der Waals surface area contributed by atoms with E-state index < -0.39 is 0 Å². The Morgan fingerprint density at radius 3 is 2.85 bits per heavy atom. The number of aromatic nitrogens is 1. The SMILES string of the molecule is Sc1csc(C#Cc2cccs2)n1. The first-order chi connectivity index (χ1) is 6.34. The number of thiophene rings is 1. The molecular formula is C9H5NS3. The molecule has 0 aromatic carbocycles. The van der Waals surface area contributed by atoms with Crippen LogP contribution in [0.5, 0.6) is 0 Å². The molecule has 0 spiro atoms. The molecule has 13 heavy (non-hydrogen) atoms. The van der Waals surface area contributed by atoms with E-state index in [4.69, 9.17) is 0 Å². The molecule has 4 heteroatoms. The smallest absolute Gasteiger partial charge is 0.168 e. The highest BCUT2D eigenvalue weighted by atomic mass is 32.1. The molecule has 0 amide bonds. The lowest BCUT2D eigenvalue weighted by molar-refractivity contribution is 1.20. The summed E-state index contributed by atoms with van der Waals surface area (Å²) in [4.78, 5) is 5.19. The van der Waals surface area contributed by atoms with Gasteiger partial charge < -0.3 is 0 Å². The first-order valence-corrected chi connectivity index (χ1v) is 5.75. The molecule has 0 atom stereocenters. The summed E-state index contributed by atoms with van der Waals surface area (Å²) in [6.45, 7) is 0. The van der Waals surface area contributed by atoms with Gasteiger partial charge in [-0.05, 0) is 23.3 Å². The monoisotopic (exact) mass is 223 g/mol. The average molecular weight is 223 g/mol. The number of thiazole rings is 1. The standard InChI is InChI=1S/C9H5NS3/c11-8-6-13-9(10-8)4-3-7-2-1-5-12-7/h1-2,5-6,11H. The topological polar surface area (TPSA) is 12.9 Å². The van der Waals surface area contributed by atoms with Crippen molar-refractivity contribution in [3.8, 4) is 11.8 Å². The summed E-state index contributed by atoms with van der Waals surface area (Å²) in [5.74, 6) is 6.02. The minimum atomic E-state index is 0.737. The van der Waals surface area contributed by atoms with Gasteiger partial charge in [-0.15, -0.1) is 35.3 Å². The van der Waals surface area contributed by atoms with E-state index in [1.807, 2.05) is 22.9 Å². The number of hydrogen-bond donors (Lipinski definition) is 1. The van der Waals surface area contributed by atoms with Crippen molar-refractivity contribution in [2.45, 2.75) is 5.03 Å². The number of hydrogen-bond acceptors (Lipinski definition) is 4. The van der Waals surface area contributed by atoms with Crippen LogP contribution in [0.25, 0.3) is 0 Å². The molecule has 1 nitrogen and oxygen atoms in total. The summed E-state index contributed by atoms with van der Waals surface area (Å²) < 4.78 is 0. The van der Waals surface area contributed by atoms with E-state index in [1.165, 1.54) is 11.3 Å². The van der Waals surface area contributed by atoms with Crippen LogP contribution in [0.3, 0.4) is 0 Å². The van der Waals surface area contributed by atoms with Crippen LogP contribution in [-0.2, 0) is 0 Å². The maximum absolute atomic E-state index is 4.12. The lowest BCUT2D eigenvalue weighted by Gasteiger charge is -1.76. The zero-order valence-electron chi connectivity index (χ0n) is 6.52. The minimum absolute atomic E-state index is 0.737. The zero-order valence-corrected chi connectivity index (χ0v) is 9.05. The Labute approximate surface area is 89.9 Å². The van der Waals surface area contributed by atoms with Crippen LogP contribution < -0.4 is 0 Å². The molecule has 0 aliphatic heterocycles. The van der Waals surface area contributed by atoms with Gasteiger partial charge in [0.15, 0.2) is 5.01 Å². The highest BCUT2D eigenvalue weighted by Gasteiger charge is 1.93. The van der Waals surface area contributed by atoms with Crippen LogP contribution in [0, 0.1) is 11.8 Å². The van der Waals surface area contributed by atoms with Gasteiger partial charge in [-0.1, -0.05) is 6.07 Å². The van der Waals surface area contributed by atoms with Gasteiger partial charge in [-0.25, -0.2) is 4.98 Å². The van der Waals surface area contributed by atoms with Crippen LogP contribution >= 0.6 is 35.3 Å². The Morgan fingerprint density at radius 2 is 2.23 bits per heavy atom. The Balaban J connectivity index is 2.22. The van der Waals surface area contributed by atoms with Gasteiger partial charge in [0, 0.05) is 5.38 Å². The van der Waals surface area contributed by atoms with Crippen LogP contribution in [0.2, 0.25) is 0 Å². The lowest BCUT2D eigenvalue weighted by atomic mass is 10.4. The van der Waals surface area contributed by atoms with Crippen molar-refractivity contribution in [3.05, 3.63) is 32.8 Å². The summed E-state index contributed by atoms with van der Waals surface area (Å²) in [7, 11) is 0. The van der Waals surface area contributed by atoms with Gasteiger partial charge in [-0.2, -0.15) is 0 Å². The van der Waals surface area contributed by atoms with Gasteiger partial charge in [0.25, 0.3) is 0 Å². The van der Waals surface area contributed by atoms with Gasteiger partial charge in [-0.3, -0.25) is 0 Å². The number of thiol groups is 1. The van der Waals surface area contributed by atoms with Crippen LogP contribution in [0.15, 0.2) is 27.9 Å². The first-order valence-electron chi connectivity index (χ1n) is 3.54. The zero-order chi connectivity index (χ0) is 9.10. The number of nitrogens with zero attached hydrogens (tertiary/aromatic N) is 1. The summed E-state index contributed by atoms with van der Waals surface area (Å²) in [5.41, 5.74) is 0. The molecule has 0 radical (unpaired) electrons. The average Bonchev–Trinajstić information content (AvgIpc) is 2.71. The molecule has 0 fully saturated rings. The fourth-order valence-electron chi connectivity index (χ4n) is 0.787. The molecule has 0 N–H and O–H groups in total. The van der Waals surface area contributed by atoms with E-state index in [9.17, 15) is 0 Å². The molecule has 0 saturated carbocycles. The summed E-state index contributed by atoms with van der Waals surface area (Å²) in [6, 6.07) is 3.98. The molecule has 2 aromatic rings. The molecule has 2 heterocycles. The molecule has 0 aliphatic carbocycles. The van der Waals surface area contributed by atoms with Crippen molar-refractivity contribution in [1.29, 1.82) is 0 Å². The molecule has 64 valence electrons. The van der Waals surface area contributed by atoms with E-state index in [-0.39, 0.29) is 0 Å². The van der Waals surface area contributed by atoms with Crippen molar-refractivity contribution in [2.75, 3.05) is 0 Å². The molecule has 2 aromatic heterocycles. The van der Waals surface area contributed by atoms with Crippen LogP contribution in [0.4, 0.5) is 0 Å². The molecular weight excluding hydrogens is 218 g/mol. The molecule has 0 saturated heterocycles. The van der Waals surface area contributed by atoms with Crippen LogP contribution in [-0.4, -0.2) is 4.98 Å². The van der Waals surface area contributed by atoms with Crippen LogP contribution in [0.1, 0.15) is 9.88 Å². The third kappa shape index (κ3) is 2.34. The predicted octanol–water partition coefficient (Wildman–Crippen LogP) is 2.89. The lowest BCUT2D eigenvalue weighted by Crippen LogP contribution is -1.69. The van der Waals surface area contributed by atoms with Crippen molar-refractivity contribution in [2.24, 2.45) is 0 Å². The highest BCUT2D eigenvalue weighted by molar-refractivity contribution is 7.80. The van der Waals surface area contributed by atoms with E-state index >= 15 is 0 Å². The van der Waals surface area contributed by atoms with Crippen molar-refractivity contribution in [3.63, 3.8) is 0 Å². The minimum Gasteiger partial charge on any atom is -0.222 e. The second kappa shape index (κ2) is 3.97. The van der Waals surface area contributed by atoms with E-state index in [1.54, 1.807) is 11.3 Å². The Bertz CT molecular complexity index is 445. The third-order valence-corrected chi connectivity index (χ3v) is 3.25. The molecule has 0 bridgehead atoms. The second-order valence-corrected chi connectivity index (χ2v) is 4.50. The van der Waals surface area contributed by atoms with Crippen molar-refractivity contribution < 1.29 is 0 Å². The first kappa shape index (κ1) is 8.82. The van der Waals surface area contributed by atoms with E-state index in [0.29, 0.717) is 0 Å². The summed E-state index contributed by atoms with van der Waals surface area (Å²) >= 11 is 7.26. The predicted molar refractivity (Wildman–Crippen MR) is 59.7 cm³/mol. The second-order valence-electron chi connectivity index (χ2n) is 2.24. The Kier molecular flexibility index (Phi) is 2.69. The quantitative estimate of drug-likeness (QED) is 0.535. The van der Waals surface area contributed by atoms with Gasteiger partial charge >= 0.3 is 0 Å². The fourth-order valence-corrected chi connectivity index (χ4v) is 2.21. The molecule has 0 unspecified atom stereocenters. The Morgan fingerprint density at radius 1 is 1.31 bits per heavy atom. The third-order valence-electron chi connectivity index (χ3n) is 1.31. The normalized spacial score (nSPS) is 9.31. The maximum atomic E-state index is 4.12. The number of rotatable bonds is 0. The van der Waals surface area contributed by atoms with Gasteiger partial charge in [0.2, 0.25) is 0 Å². The maximum Gasteiger partial charge on any atom is 0.168 e. The van der Waals surface area contributed by atoms with E-state index in [2.05, 4.69) is 29.5 Å². The van der Waals surface area contributed by atoms with Gasteiger partial charge in [0.1, 0.15) is 5.03 Å². The van der Waals surface area contributed by atoms with Crippen molar-refractivity contribution in [1.82, 2.24) is 4.98 Å². The molecule has 0 aliphatic rings. The Hall–Kier alpha value is -0.760. The summed E-state index contributed by atoms with van der Waals surface area (Å²) in [5, 5.41) is 5.44. The fraction of sp³-hybridized carbons (Fsp3) is 0. The summed E-state index contributed by atoms with van der Waals surface area (Å²) in [6.07, 6.45) is 0.